The number of carboxylic acid groups (broad SMARTS) is 2. The molecule has 1 aromatic heterocycles. The number of carboxylic acids is 2. The van der Waals surface area contributed by atoms with Crippen LogP contribution in [0.2, 0.25) is 0 Å². The molecular weight excluding hydrogens is 524 g/mol. The fourth-order valence-corrected chi connectivity index (χ4v) is 4.88. The Hall–Kier alpha value is -2.98. The molecule has 1 aliphatic rings. The second-order valence-electron chi connectivity index (χ2n) is 7.44. The maximum absolute atomic E-state index is 13.1. The predicted molar refractivity (Wildman–Crippen MR) is 115 cm³/mol. The summed E-state index contributed by atoms with van der Waals surface area (Å²) in [5.74, 6) is -5.51. The lowest BCUT2D eigenvalue weighted by Gasteiger charge is -2.26. The third-order valence-electron chi connectivity index (χ3n) is 4.70. The molecule has 0 amide bonds. The molecule has 0 saturated carbocycles. The molecular formula is C20H23F6N3O6S. The summed E-state index contributed by atoms with van der Waals surface area (Å²) in [5, 5.41) is 19.2. The number of alkyl halides is 6. The number of halogens is 6. The van der Waals surface area contributed by atoms with Crippen LogP contribution in [0, 0.1) is 6.92 Å². The number of hydrogen-bond acceptors (Lipinski definition) is 6. The Labute approximate surface area is 201 Å². The van der Waals surface area contributed by atoms with E-state index in [2.05, 4.69) is 10.3 Å². The zero-order chi connectivity index (χ0) is 27.9. The highest BCUT2D eigenvalue weighted by molar-refractivity contribution is 7.89. The molecule has 36 heavy (non-hydrogen) atoms. The highest BCUT2D eigenvalue weighted by Gasteiger charge is 2.39. The van der Waals surface area contributed by atoms with Crippen molar-refractivity contribution < 1.29 is 54.6 Å². The van der Waals surface area contributed by atoms with Crippen molar-refractivity contribution in [1.29, 1.82) is 0 Å². The second-order valence-corrected chi connectivity index (χ2v) is 9.29. The molecule has 16 heteroatoms. The maximum Gasteiger partial charge on any atom is 0.490 e. The Morgan fingerprint density at radius 1 is 1.03 bits per heavy atom. The number of nitrogens with zero attached hydrogens (tertiary/aromatic N) is 2. The monoisotopic (exact) mass is 547 g/mol. The van der Waals surface area contributed by atoms with E-state index < -0.39 is 34.3 Å². The highest BCUT2D eigenvalue weighted by atomic mass is 32.2. The lowest BCUT2D eigenvalue weighted by atomic mass is 10.1. The first-order valence-electron chi connectivity index (χ1n) is 10.1. The van der Waals surface area contributed by atoms with E-state index in [4.69, 9.17) is 19.8 Å². The average Bonchev–Trinajstić information content (AvgIpc) is 2.98. The lowest BCUT2D eigenvalue weighted by molar-refractivity contribution is -0.193. The van der Waals surface area contributed by atoms with Crippen molar-refractivity contribution in [2.75, 3.05) is 19.6 Å². The fraction of sp³-hybridized carbons (Fsp3) is 0.450. The van der Waals surface area contributed by atoms with Crippen molar-refractivity contribution >= 4 is 32.7 Å². The SMILES string of the molecule is Cc1cncc2c(S(=O)(=O)N3CCCNC[C@@H]3C)cccc12.O=C(O)C(F)(F)F.O=C(O)C(F)(F)F. The molecule has 0 radical (unpaired) electrons. The summed E-state index contributed by atoms with van der Waals surface area (Å²) in [5.41, 5.74) is 0.986. The van der Waals surface area contributed by atoms with E-state index >= 15 is 0 Å². The molecule has 3 N–H and O–H groups in total. The number of sulfonamides is 1. The fourth-order valence-electron chi connectivity index (χ4n) is 3.02. The molecule has 202 valence electrons. The number of hydrogen-bond donors (Lipinski definition) is 3. The molecule has 0 aliphatic carbocycles. The number of aliphatic carboxylic acids is 2. The van der Waals surface area contributed by atoms with E-state index in [1.54, 1.807) is 22.8 Å². The Bertz CT molecular complexity index is 1150. The Morgan fingerprint density at radius 2 is 1.56 bits per heavy atom. The third-order valence-corrected chi connectivity index (χ3v) is 6.77. The summed E-state index contributed by atoms with van der Waals surface area (Å²) in [4.78, 5) is 22.3. The first-order valence-corrected chi connectivity index (χ1v) is 11.5. The summed E-state index contributed by atoms with van der Waals surface area (Å²) in [7, 11) is -3.52. The summed E-state index contributed by atoms with van der Waals surface area (Å²) in [6.45, 7) is 5.98. The van der Waals surface area contributed by atoms with Crippen molar-refractivity contribution in [3.63, 3.8) is 0 Å². The van der Waals surface area contributed by atoms with Gasteiger partial charge in [-0.1, -0.05) is 12.1 Å². The number of benzene rings is 1. The molecule has 9 nitrogen and oxygen atoms in total. The molecule has 1 saturated heterocycles. The quantitative estimate of drug-likeness (QED) is 0.488. The van der Waals surface area contributed by atoms with E-state index in [9.17, 15) is 34.8 Å². The van der Waals surface area contributed by atoms with Crippen LogP contribution >= 0.6 is 0 Å². The van der Waals surface area contributed by atoms with Gasteiger partial charge in [0.2, 0.25) is 10.0 Å². The van der Waals surface area contributed by atoms with Crippen molar-refractivity contribution in [2.24, 2.45) is 0 Å². The van der Waals surface area contributed by atoms with Crippen LogP contribution in [0.1, 0.15) is 18.9 Å². The number of fused-ring (bicyclic) bond motifs is 1. The van der Waals surface area contributed by atoms with Crippen LogP contribution in [-0.2, 0) is 19.6 Å². The Kier molecular flexibility index (Phi) is 10.6. The normalized spacial score (nSPS) is 17.2. The van der Waals surface area contributed by atoms with Crippen molar-refractivity contribution in [3.8, 4) is 0 Å². The van der Waals surface area contributed by atoms with Gasteiger partial charge in [-0.05, 0) is 43.8 Å². The number of carbonyl (C=O) groups is 2. The Balaban J connectivity index is 0.000000383. The highest BCUT2D eigenvalue weighted by Crippen LogP contribution is 2.28. The lowest BCUT2D eigenvalue weighted by Crippen LogP contribution is -2.41. The smallest absolute Gasteiger partial charge is 0.475 e. The maximum atomic E-state index is 13.1. The molecule has 0 spiro atoms. The summed E-state index contributed by atoms with van der Waals surface area (Å²) < 4.78 is 91.4. The first kappa shape index (κ1) is 31.1. The van der Waals surface area contributed by atoms with Gasteiger partial charge in [-0.25, -0.2) is 18.0 Å². The number of aromatic nitrogens is 1. The summed E-state index contributed by atoms with van der Waals surface area (Å²) in [6, 6.07) is 5.38. The third kappa shape index (κ3) is 8.60. The van der Waals surface area contributed by atoms with E-state index in [0.717, 1.165) is 23.9 Å². The minimum absolute atomic E-state index is 0.0551. The van der Waals surface area contributed by atoms with E-state index in [1.807, 2.05) is 26.0 Å². The number of aryl methyl sites for hydroxylation is 1. The Morgan fingerprint density at radius 3 is 2.06 bits per heavy atom. The van der Waals surface area contributed by atoms with Crippen LogP contribution in [0.25, 0.3) is 10.8 Å². The van der Waals surface area contributed by atoms with Crippen LogP contribution in [-0.4, -0.2) is 77.9 Å². The predicted octanol–water partition coefficient (Wildman–Crippen LogP) is 3.18. The topological polar surface area (TPSA) is 137 Å². The van der Waals surface area contributed by atoms with Gasteiger partial charge in [0.1, 0.15) is 0 Å². The van der Waals surface area contributed by atoms with Gasteiger partial charge in [-0.3, -0.25) is 4.98 Å². The molecule has 1 fully saturated rings. The van der Waals surface area contributed by atoms with Crippen LogP contribution in [0.5, 0.6) is 0 Å². The van der Waals surface area contributed by atoms with Crippen LogP contribution in [0.15, 0.2) is 35.5 Å². The van der Waals surface area contributed by atoms with Crippen molar-refractivity contribution in [1.82, 2.24) is 14.6 Å². The van der Waals surface area contributed by atoms with Crippen LogP contribution in [0.3, 0.4) is 0 Å². The van der Waals surface area contributed by atoms with Gasteiger partial charge in [-0.2, -0.15) is 30.6 Å². The molecule has 1 aromatic carbocycles. The van der Waals surface area contributed by atoms with E-state index in [-0.39, 0.29) is 6.04 Å². The molecule has 2 aromatic rings. The number of nitrogens with one attached hydrogen (secondary N) is 1. The molecule has 1 atom stereocenters. The van der Waals surface area contributed by atoms with Crippen molar-refractivity contribution in [2.45, 2.75) is 43.6 Å². The first-order chi connectivity index (χ1) is 16.4. The molecule has 1 aliphatic heterocycles. The number of rotatable bonds is 2. The molecule has 2 heterocycles. The second kappa shape index (κ2) is 12.3. The van der Waals surface area contributed by atoms with Gasteiger partial charge in [0, 0.05) is 36.9 Å². The van der Waals surface area contributed by atoms with Gasteiger partial charge in [0.15, 0.2) is 0 Å². The minimum atomic E-state index is -5.08. The molecule has 0 unspecified atom stereocenters. The van der Waals surface area contributed by atoms with E-state index in [0.29, 0.717) is 23.4 Å². The van der Waals surface area contributed by atoms with Gasteiger partial charge >= 0.3 is 24.3 Å². The van der Waals surface area contributed by atoms with Gasteiger partial charge < -0.3 is 15.5 Å². The zero-order valence-electron chi connectivity index (χ0n) is 18.9. The van der Waals surface area contributed by atoms with E-state index in [1.165, 1.54) is 0 Å². The van der Waals surface area contributed by atoms with Crippen LogP contribution in [0.4, 0.5) is 26.3 Å². The zero-order valence-corrected chi connectivity index (χ0v) is 19.7. The molecule has 0 bridgehead atoms. The minimum Gasteiger partial charge on any atom is -0.475 e. The summed E-state index contributed by atoms with van der Waals surface area (Å²) >= 11 is 0. The van der Waals surface area contributed by atoms with Crippen molar-refractivity contribution in [3.05, 3.63) is 36.2 Å². The van der Waals surface area contributed by atoms with Gasteiger partial charge in [0.25, 0.3) is 0 Å². The standard InChI is InChI=1S/C16H21N3O2S.2C2HF3O2/c1-12-9-18-11-15-14(12)5-3-6-16(15)22(20,21)19-8-4-7-17-10-13(19)2;2*3-2(4,5)1(6)7/h3,5-6,9,11,13,17H,4,7-8,10H2,1-2H3;2*(H,6,7)/t13-;;/m0../s1. The van der Waals surface area contributed by atoms with Gasteiger partial charge in [-0.15, -0.1) is 0 Å². The molecule has 3 rings (SSSR count). The van der Waals surface area contributed by atoms with Gasteiger partial charge in [0.05, 0.1) is 4.90 Å². The average molecular weight is 547 g/mol. The van der Waals surface area contributed by atoms with Crippen LogP contribution < -0.4 is 5.32 Å². The number of pyridine rings is 1. The summed E-state index contributed by atoms with van der Waals surface area (Å²) in [6.07, 6.45) is -5.93. The largest absolute Gasteiger partial charge is 0.490 e.